The number of nitrogens with two attached hydrogens (primary N) is 1. The number of amides is 4. The molecule has 2 aliphatic heterocycles. The minimum atomic E-state index is -0.337. The fraction of sp³-hybridized carbons (Fsp3) is 0.500. The largest absolute Gasteiger partial charge is 0.371 e. The number of hydrogen-bond acceptors (Lipinski definition) is 5. The predicted molar refractivity (Wildman–Crippen MR) is 117 cm³/mol. The molecule has 4 aliphatic rings. The zero-order valence-corrected chi connectivity index (χ0v) is 17.9. The van der Waals surface area contributed by atoms with Gasteiger partial charge >= 0.3 is 0 Å². The summed E-state index contributed by atoms with van der Waals surface area (Å²) in [7, 11) is 0. The molecule has 8 heteroatoms. The van der Waals surface area contributed by atoms with Crippen molar-refractivity contribution in [3.05, 3.63) is 42.0 Å². The van der Waals surface area contributed by atoms with E-state index >= 15 is 0 Å². The zero-order valence-electron chi connectivity index (χ0n) is 17.9. The molecule has 1 aromatic rings. The van der Waals surface area contributed by atoms with Crippen LogP contribution in [0.4, 0.5) is 5.69 Å². The van der Waals surface area contributed by atoms with Crippen LogP contribution in [0.1, 0.15) is 24.8 Å². The van der Waals surface area contributed by atoms with Crippen molar-refractivity contribution in [1.82, 2.24) is 10.2 Å². The van der Waals surface area contributed by atoms with Crippen molar-refractivity contribution in [1.29, 1.82) is 0 Å². The third kappa shape index (κ3) is 3.57. The van der Waals surface area contributed by atoms with Gasteiger partial charge < -0.3 is 16.0 Å². The first kappa shape index (κ1) is 20.7. The van der Waals surface area contributed by atoms with E-state index in [-0.39, 0.29) is 59.8 Å². The molecule has 3 N–H and O–H groups in total. The van der Waals surface area contributed by atoms with E-state index in [0.717, 1.165) is 42.0 Å². The standard InChI is InChI=1S/C24H28N4O4/c25-22(30)17-2-1-9-27(12-17)18-7-3-14(4-8-18)11-26-19(29)13-28-23(31)20-15-5-6-16(10-15)21(20)24(28)32/h3-8,15-17,20-21H,1-2,9-13H2,(H2,25,30)(H,26,29)/t15-,16-,17-,20-,21+/m0/s1. The monoisotopic (exact) mass is 436 g/mol. The Balaban J connectivity index is 1.14. The minimum absolute atomic E-state index is 0.121. The number of fused-ring (bicyclic) bond motifs is 5. The summed E-state index contributed by atoms with van der Waals surface area (Å²) in [6.07, 6.45) is 6.73. The van der Waals surface area contributed by atoms with Crippen LogP contribution >= 0.6 is 0 Å². The van der Waals surface area contributed by atoms with Gasteiger partial charge in [-0.1, -0.05) is 24.3 Å². The van der Waals surface area contributed by atoms with E-state index in [1.54, 1.807) is 0 Å². The third-order valence-electron chi connectivity index (χ3n) is 7.48. The molecule has 2 aliphatic carbocycles. The van der Waals surface area contributed by atoms with E-state index in [1.165, 1.54) is 0 Å². The van der Waals surface area contributed by atoms with E-state index in [4.69, 9.17) is 5.73 Å². The van der Waals surface area contributed by atoms with Crippen LogP contribution in [0.5, 0.6) is 0 Å². The number of anilines is 1. The molecule has 2 saturated heterocycles. The maximum Gasteiger partial charge on any atom is 0.240 e. The topological polar surface area (TPSA) is 113 Å². The second-order valence-corrected chi connectivity index (χ2v) is 9.39. The second kappa shape index (κ2) is 8.07. The Bertz CT molecular complexity index is 958. The molecular formula is C24H28N4O4. The van der Waals surface area contributed by atoms with Gasteiger partial charge in [0.25, 0.3) is 0 Å². The third-order valence-corrected chi connectivity index (χ3v) is 7.48. The number of allylic oxidation sites excluding steroid dienone is 2. The summed E-state index contributed by atoms with van der Waals surface area (Å²) in [4.78, 5) is 52.7. The van der Waals surface area contributed by atoms with Crippen LogP contribution in [0.2, 0.25) is 0 Å². The average Bonchev–Trinajstić information content (AvgIpc) is 3.48. The number of primary amides is 1. The Morgan fingerprint density at radius 3 is 2.31 bits per heavy atom. The summed E-state index contributed by atoms with van der Waals surface area (Å²) < 4.78 is 0. The van der Waals surface area contributed by atoms with Crippen molar-refractivity contribution in [2.45, 2.75) is 25.8 Å². The molecule has 0 radical (unpaired) electrons. The Morgan fingerprint density at radius 1 is 1.03 bits per heavy atom. The highest BCUT2D eigenvalue weighted by Gasteiger charge is 2.59. The van der Waals surface area contributed by atoms with E-state index in [1.807, 2.05) is 36.4 Å². The van der Waals surface area contributed by atoms with Gasteiger partial charge in [0.05, 0.1) is 17.8 Å². The molecule has 1 aromatic carbocycles. The first-order chi connectivity index (χ1) is 15.4. The van der Waals surface area contributed by atoms with Gasteiger partial charge in [-0.15, -0.1) is 0 Å². The van der Waals surface area contributed by atoms with Gasteiger partial charge in [0.1, 0.15) is 6.54 Å². The summed E-state index contributed by atoms with van der Waals surface area (Å²) in [5, 5.41) is 2.82. The highest BCUT2D eigenvalue weighted by Crippen LogP contribution is 2.52. The van der Waals surface area contributed by atoms with Crippen molar-refractivity contribution in [3.8, 4) is 0 Å². The van der Waals surface area contributed by atoms with Crippen LogP contribution in [-0.4, -0.2) is 48.2 Å². The lowest BCUT2D eigenvalue weighted by Crippen LogP contribution is -2.41. The number of carbonyl (C=O) groups is 4. The number of imide groups is 1. The fourth-order valence-electron chi connectivity index (χ4n) is 5.79. The Morgan fingerprint density at radius 2 is 1.69 bits per heavy atom. The van der Waals surface area contributed by atoms with Crippen molar-refractivity contribution in [2.24, 2.45) is 35.3 Å². The number of carbonyl (C=O) groups excluding carboxylic acids is 4. The molecule has 32 heavy (non-hydrogen) atoms. The predicted octanol–water partition coefficient (Wildman–Crippen LogP) is 0.812. The van der Waals surface area contributed by atoms with Gasteiger partial charge in [-0.3, -0.25) is 24.1 Å². The number of nitrogens with one attached hydrogen (secondary N) is 1. The average molecular weight is 437 g/mol. The number of hydrogen-bond donors (Lipinski definition) is 2. The normalized spacial score (nSPS) is 30.7. The molecule has 168 valence electrons. The van der Waals surface area contributed by atoms with Crippen molar-refractivity contribution in [3.63, 3.8) is 0 Å². The molecule has 3 fully saturated rings. The number of piperidine rings is 1. The summed E-state index contributed by atoms with van der Waals surface area (Å²) in [5.74, 6) is -1.38. The summed E-state index contributed by atoms with van der Waals surface area (Å²) in [6.45, 7) is 1.61. The Labute approximate surface area is 186 Å². The summed E-state index contributed by atoms with van der Waals surface area (Å²) >= 11 is 0. The lowest BCUT2D eigenvalue weighted by Gasteiger charge is -2.33. The van der Waals surface area contributed by atoms with Crippen LogP contribution in [0.25, 0.3) is 0 Å². The van der Waals surface area contributed by atoms with Gasteiger partial charge in [0.2, 0.25) is 23.6 Å². The lowest BCUT2D eigenvalue weighted by molar-refractivity contribution is -0.144. The molecule has 4 amide bonds. The van der Waals surface area contributed by atoms with E-state index in [2.05, 4.69) is 10.2 Å². The molecular weight excluding hydrogens is 408 g/mol. The summed E-state index contributed by atoms with van der Waals surface area (Å²) in [6, 6.07) is 7.82. The van der Waals surface area contributed by atoms with Crippen LogP contribution in [0, 0.1) is 29.6 Å². The van der Waals surface area contributed by atoms with Crippen molar-refractivity contribution < 1.29 is 19.2 Å². The molecule has 5 rings (SSSR count). The summed E-state index contributed by atoms with van der Waals surface area (Å²) in [5.41, 5.74) is 7.41. The maximum atomic E-state index is 12.7. The van der Waals surface area contributed by atoms with Crippen LogP contribution in [0.15, 0.2) is 36.4 Å². The van der Waals surface area contributed by atoms with Crippen molar-refractivity contribution >= 4 is 29.3 Å². The van der Waals surface area contributed by atoms with Gasteiger partial charge in [-0.25, -0.2) is 0 Å². The number of benzene rings is 1. The number of rotatable bonds is 6. The molecule has 0 aromatic heterocycles. The minimum Gasteiger partial charge on any atom is -0.371 e. The second-order valence-electron chi connectivity index (χ2n) is 9.39. The molecule has 2 heterocycles. The Kier molecular flexibility index (Phi) is 5.23. The first-order valence-electron chi connectivity index (χ1n) is 11.4. The van der Waals surface area contributed by atoms with Gasteiger partial charge in [-0.05, 0) is 48.8 Å². The molecule has 5 atom stereocenters. The Hall–Kier alpha value is -3.16. The molecule has 2 bridgehead atoms. The highest BCUT2D eigenvalue weighted by molar-refractivity contribution is 6.08. The maximum absolute atomic E-state index is 12.7. The zero-order chi connectivity index (χ0) is 22.4. The SMILES string of the molecule is NC(=O)[C@H]1CCCN(c2ccc(CNC(=O)CN3C(=O)[C@@H]4[C@H](C3=O)[C@H]3C=C[C@H]4C3)cc2)C1. The van der Waals surface area contributed by atoms with Crippen LogP contribution in [0.3, 0.4) is 0 Å². The molecule has 0 spiro atoms. The van der Waals surface area contributed by atoms with E-state index in [0.29, 0.717) is 13.1 Å². The molecule has 0 unspecified atom stereocenters. The van der Waals surface area contributed by atoms with Crippen molar-refractivity contribution in [2.75, 3.05) is 24.5 Å². The number of likely N-dealkylation sites (tertiary alicyclic amines) is 1. The van der Waals surface area contributed by atoms with Gasteiger partial charge in [-0.2, -0.15) is 0 Å². The quantitative estimate of drug-likeness (QED) is 0.506. The van der Waals surface area contributed by atoms with Gasteiger partial charge in [0.15, 0.2) is 0 Å². The smallest absolute Gasteiger partial charge is 0.240 e. The molecule has 8 nitrogen and oxygen atoms in total. The highest BCUT2D eigenvalue weighted by atomic mass is 16.2. The van der Waals surface area contributed by atoms with Crippen LogP contribution in [-0.2, 0) is 25.7 Å². The lowest BCUT2D eigenvalue weighted by atomic mass is 9.85. The first-order valence-corrected chi connectivity index (χ1v) is 11.4. The van der Waals surface area contributed by atoms with E-state index in [9.17, 15) is 19.2 Å². The molecule has 1 saturated carbocycles. The number of nitrogens with zero attached hydrogens (tertiary/aromatic N) is 2. The van der Waals surface area contributed by atoms with Crippen LogP contribution < -0.4 is 16.0 Å². The van der Waals surface area contributed by atoms with E-state index < -0.39 is 0 Å². The fourth-order valence-corrected chi connectivity index (χ4v) is 5.79. The van der Waals surface area contributed by atoms with Gasteiger partial charge in [0, 0.05) is 25.3 Å².